The molecule has 118 valence electrons. The second-order valence-electron chi connectivity index (χ2n) is 7.29. The molecule has 0 radical (unpaired) electrons. The molecule has 22 heavy (non-hydrogen) atoms. The summed E-state index contributed by atoms with van der Waals surface area (Å²) in [5.74, 6) is 0.884. The van der Waals surface area contributed by atoms with Gasteiger partial charge in [0.25, 0.3) is 0 Å². The van der Waals surface area contributed by atoms with Gasteiger partial charge in [0.1, 0.15) is 5.60 Å². The van der Waals surface area contributed by atoms with Gasteiger partial charge < -0.3 is 9.64 Å². The van der Waals surface area contributed by atoms with E-state index in [4.69, 9.17) is 4.74 Å². The third-order valence-electron chi connectivity index (χ3n) is 6.12. The Labute approximate surface area is 132 Å². The van der Waals surface area contributed by atoms with Crippen molar-refractivity contribution >= 4 is 5.97 Å². The molecule has 3 heteroatoms. The summed E-state index contributed by atoms with van der Waals surface area (Å²) in [6.07, 6.45) is 7.22. The molecule has 0 bridgehead atoms. The third-order valence-corrected chi connectivity index (χ3v) is 6.12. The topological polar surface area (TPSA) is 29.5 Å². The third kappa shape index (κ3) is 2.02. The highest BCUT2D eigenvalue weighted by atomic mass is 16.6. The Balaban J connectivity index is 1.79. The molecule has 1 aromatic rings. The number of rotatable bonds is 2. The smallest absolute Gasteiger partial charge is 0.339 e. The Morgan fingerprint density at radius 3 is 2.41 bits per heavy atom. The molecule has 3 aliphatic rings. The summed E-state index contributed by atoms with van der Waals surface area (Å²) in [6.45, 7) is 2.22. The number of hydrogen-bond acceptors (Lipinski definition) is 3. The van der Waals surface area contributed by atoms with Gasteiger partial charge in [-0.1, -0.05) is 31.0 Å². The molecule has 2 heterocycles. The molecule has 1 aromatic carbocycles. The van der Waals surface area contributed by atoms with Gasteiger partial charge >= 0.3 is 5.97 Å². The van der Waals surface area contributed by atoms with Crippen molar-refractivity contribution in [3.05, 3.63) is 35.4 Å². The van der Waals surface area contributed by atoms with Gasteiger partial charge in [-0.05, 0) is 51.9 Å². The van der Waals surface area contributed by atoms with Crippen molar-refractivity contribution in [2.45, 2.75) is 44.1 Å². The number of benzene rings is 1. The molecule has 1 atom stereocenters. The minimum Gasteiger partial charge on any atom is -0.450 e. The lowest BCUT2D eigenvalue weighted by Crippen LogP contribution is -2.46. The first-order chi connectivity index (χ1) is 10.7. The van der Waals surface area contributed by atoms with Gasteiger partial charge in [-0.3, -0.25) is 0 Å². The number of hydrogen-bond donors (Lipinski definition) is 0. The maximum atomic E-state index is 12.5. The Morgan fingerprint density at radius 2 is 1.68 bits per heavy atom. The fourth-order valence-electron chi connectivity index (χ4n) is 5.00. The number of fused-ring (bicyclic) bond motifs is 1. The summed E-state index contributed by atoms with van der Waals surface area (Å²) < 4.78 is 6.22. The predicted octanol–water partition coefficient (Wildman–Crippen LogP) is 3.58. The van der Waals surface area contributed by atoms with Crippen LogP contribution in [-0.2, 0) is 10.3 Å². The molecule has 1 aliphatic carbocycles. The molecule has 1 unspecified atom stereocenters. The summed E-state index contributed by atoms with van der Waals surface area (Å²) in [5.41, 5.74) is 1.65. The molecule has 0 spiro atoms. The van der Waals surface area contributed by atoms with E-state index in [2.05, 4.69) is 24.1 Å². The maximum Gasteiger partial charge on any atom is 0.339 e. The molecule has 4 rings (SSSR count). The zero-order valence-corrected chi connectivity index (χ0v) is 13.4. The van der Waals surface area contributed by atoms with Gasteiger partial charge in [-0.25, -0.2) is 4.79 Å². The number of likely N-dealkylation sites (tertiary alicyclic amines) is 1. The first-order valence-corrected chi connectivity index (χ1v) is 8.73. The van der Waals surface area contributed by atoms with E-state index in [9.17, 15) is 4.79 Å². The van der Waals surface area contributed by atoms with Crippen molar-refractivity contribution in [2.75, 3.05) is 20.1 Å². The van der Waals surface area contributed by atoms with Crippen LogP contribution in [-0.4, -0.2) is 31.0 Å². The number of cyclic esters (lactones) is 1. The molecule has 1 saturated carbocycles. The van der Waals surface area contributed by atoms with E-state index in [1.54, 1.807) is 0 Å². The Morgan fingerprint density at radius 1 is 1.05 bits per heavy atom. The van der Waals surface area contributed by atoms with Crippen LogP contribution in [0, 0.1) is 11.8 Å². The fourth-order valence-corrected chi connectivity index (χ4v) is 5.00. The van der Waals surface area contributed by atoms with Crippen LogP contribution in [0.3, 0.4) is 0 Å². The monoisotopic (exact) mass is 299 g/mol. The van der Waals surface area contributed by atoms with E-state index in [-0.39, 0.29) is 11.6 Å². The molecule has 1 saturated heterocycles. The summed E-state index contributed by atoms with van der Waals surface area (Å²) in [7, 11) is 2.19. The van der Waals surface area contributed by atoms with Crippen molar-refractivity contribution in [3.63, 3.8) is 0 Å². The van der Waals surface area contributed by atoms with Gasteiger partial charge in [0, 0.05) is 17.4 Å². The lowest BCUT2D eigenvalue weighted by atomic mass is 9.68. The average Bonchev–Trinajstić information content (AvgIpc) is 3.16. The van der Waals surface area contributed by atoms with Crippen molar-refractivity contribution in [3.8, 4) is 0 Å². The van der Waals surface area contributed by atoms with E-state index in [1.807, 2.05) is 12.1 Å². The highest BCUT2D eigenvalue weighted by Gasteiger charge is 2.56. The number of ether oxygens (including phenoxy) is 1. The summed E-state index contributed by atoms with van der Waals surface area (Å²) in [5, 5.41) is 0. The number of carbonyl (C=O) groups is 1. The van der Waals surface area contributed by atoms with Gasteiger partial charge in [0.2, 0.25) is 0 Å². The van der Waals surface area contributed by atoms with E-state index in [0.29, 0.717) is 11.8 Å². The molecule has 3 nitrogen and oxygen atoms in total. The fraction of sp³-hybridized carbons (Fsp3) is 0.632. The zero-order valence-electron chi connectivity index (χ0n) is 13.4. The second-order valence-corrected chi connectivity index (χ2v) is 7.29. The van der Waals surface area contributed by atoms with E-state index in [0.717, 1.165) is 31.5 Å². The van der Waals surface area contributed by atoms with Crippen LogP contribution in [0.5, 0.6) is 0 Å². The van der Waals surface area contributed by atoms with Gasteiger partial charge in [-0.15, -0.1) is 0 Å². The highest BCUT2D eigenvalue weighted by Crippen LogP contribution is 2.54. The normalized spacial score (nSPS) is 30.5. The second kappa shape index (κ2) is 5.38. The quantitative estimate of drug-likeness (QED) is 0.782. The van der Waals surface area contributed by atoms with E-state index < -0.39 is 0 Å². The SMILES string of the molecule is CN1CCC(C2(C3CCCC3)OC(=O)c3ccccc32)CC1. The highest BCUT2D eigenvalue weighted by molar-refractivity contribution is 5.94. The molecule has 0 aromatic heterocycles. The van der Waals surface area contributed by atoms with Crippen molar-refractivity contribution in [1.82, 2.24) is 4.90 Å². The van der Waals surface area contributed by atoms with Crippen molar-refractivity contribution in [2.24, 2.45) is 11.8 Å². The minimum absolute atomic E-state index is 0.0959. The molecular weight excluding hydrogens is 274 g/mol. The van der Waals surface area contributed by atoms with E-state index in [1.165, 1.54) is 31.2 Å². The van der Waals surface area contributed by atoms with E-state index >= 15 is 0 Å². The Bertz CT molecular complexity index is 571. The van der Waals surface area contributed by atoms with Gasteiger partial charge in [0.05, 0.1) is 5.56 Å². The number of piperidine rings is 1. The van der Waals surface area contributed by atoms with Crippen LogP contribution in [0.4, 0.5) is 0 Å². The predicted molar refractivity (Wildman–Crippen MR) is 85.7 cm³/mol. The van der Waals surface area contributed by atoms with Crippen LogP contribution < -0.4 is 0 Å². The maximum absolute atomic E-state index is 12.5. The minimum atomic E-state index is -0.342. The molecule has 2 fully saturated rings. The number of carbonyl (C=O) groups excluding carboxylic acids is 1. The van der Waals surface area contributed by atoms with Crippen LogP contribution in [0.25, 0.3) is 0 Å². The molecular formula is C19H25NO2. The zero-order chi connectivity index (χ0) is 15.2. The summed E-state index contributed by atoms with van der Waals surface area (Å²) >= 11 is 0. The lowest BCUT2D eigenvalue weighted by molar-refractivity contribution is -0.0944. The standard InChI is InChI=1S/C19H25NO2/c1-20-12-10-15(11-13-20)19(14-6-2-3-7-14)17-9-5-4-8-16(17)18(21)22-19/h4-5,8-9,14-15H,2-3,6-7,10-13H2,1H3. The van der Waals surface area contributed by atoms with Crippen LogP contribution in [0.15, 0.2) is 24.3 Å². The summed E-state index contributed by atoms with van der Waals surface area (Å²) in [6, 6.07) is 8.12. The Kier molecular flexibility index (Phi) is 3.48. The van der Waals surface area contributed by atoms with Crippen LogP contribution in [0.2, 0.25) is 0 Å². The molecule has 0 amide bonds. The van der Waals surface area contributed by atoms with Crippen LogP contribution in [0.1, 0.15) is 54.4 Å². The van der Waals surface area contributed by atoms with Crippen LogP contribution >= 0.6 is 0 Å². The number of nitrogens with zero attached hydrogens (tertiary/aromatic N) is 1. The Hall–Kier alpha value is -1.35. The largest absolute Gasteiger partial charge is 0.450 e. The first-order valence-electron chi connectivity index (χ1n) is 8.73. The molecule has 2 aliphatic heterocycles. The first kappa shape index (κ1) is 14.3. The van der Waals surface area contributed by atoms with Gasteiger partial charge in [-0.2, -0.15) is 0 Å². The summed E-state index contributed by atoms with van der Waals surface area (Å²) in [4.78, 5) is 14.9. The number of esters is 1. The van der Waals surface area contributed by atoms with Crippen molar-refractivity contribution in [1.29, 1.82) is 0 Å². The van der Waals surface area contributed by atoms with Crippen molar-refractivity contribution < 1.29 is 9.53 Å². The lowest BCUT2D eigenvalue weighted by Gasteiger charge is -2.44. The average molecular weight is 299 g/mol. The molecule has 0 N–H and O–H groups in total. The van der Waals surface area contributed by atoms with Gasteiger partial charge in [0.15, 0.2) is 0 Å².